The molecule has 4 aromatic rings. The first kappa shape index (κ1) is 30.4. The molecule has 0 unspecified atom stereocenters. The van der Waals surface area contributed by atoms with Gasteiger partial charge in [0.25, 0.3) is 0 Å². The quantitative estimate of drug-likeness (QED) is 0.157. The summed E-state index contributed by atoms with van der Waals surface area (Å²) >= 11 is 0. The molecule has 0 spiro atoms. The number of benzene rings is 1. The number of rotatable bonds is 13. The van der Waals surface area contributed by atoms with Crippen molar-refractivity contribution in [3.8, 4) is 22.8 Å². The Bertz CT molecular complexity index is 1500. The zero-order chi connectivity index (χ0) is 29.6. The molecule has 218 valence electrons. The van der Waals surface area contributed by atoms with E-state index >= 15 is 0 Å². The normalized spacial score (nSPS) is 12.1. The lowest BCUT2D eigenvalue weighted by Crippen LogP contribution is -2.40. The minimum Gasteiger partial charge on any atom is -0.490 e. The Kier molecular flexibility index (Phi) is 9.57. The van der Waals surface area contributed by atoms with Crippen LogP contribution < -0.4 is 10.5 Å². The number of primary amides is 1. The second kappa shape index (κ2) is 12.9. The van der Waals surface area contributed by atoms with Crippen molar-refractivity contribution in [2.75, 3.05) is 20.3 Å². The van der Waals surface area contributed by atoms with Crippen LogP contribution in [0.1, 0.15) is 45.0 Å². The second-order valence-corrected chi connectivity index (χ2v) is 16.5. The Labute approximate surface area is 243 Å². The van der Waals surface area contributed by atoms with Gasteiger partial charge in [0.1, 0.15) is 12.4 Å². The van der Waals surface area contributed by atoms with Crippen LogP contribution in [0.5, 0.6) is 5.75 Å². The van der Waals surface area contributed by atoms with Gasteiger partial charge in [-0.05, 0) is 67.4 Å². The number of nitrogens with zero attached hydrogens (tertiary/aromatic N) is 4. The maximum Gasteiger partial charge on any atom is 0.217 e. The molecule has 0 fully saturated rings. The van der Waals surface area contributed by atoms with Crippen molar-refractivity contribution in [3.63, 3.8) is 0 Å². The largest absolute Gasteiger partial charge is 0.490 e. The lowest BCUT2D eigenvalue weighted by atomic mass is 10.1. The summed E-state index contributed by atoms with van der Waals surface area (Å²) in [5, 5.41) is 5.68. The van der Waals surface area contributed by atoms with Gasteiger partial charge in [-0.2, -0.15) is 5.10 Å². The van der Waals surface area contributed by atoms with Gasteiger partial charge in [0, 0.05) is 24.8 Å². The van der Waals surface area contributed by atoms with E-state index in [0.717, 1.165) is 33.5 Å². The predicted molar refractivity (Wildman–Crippen MR) is 164 cm³/mol. The van der Waals surface area contributed by atoms with Crippen LogP contribution >= 0.6 is 0 Å². The summed E-state index contributed by atoms with van der Waals surface area (Å²) in [6, 6.07) is 15.9. The van der Waals surface area contributed by atoms with Gasteiger partial charge in [-0.25, -0.2) is 9.67 Å². The van der Waals surface area contributed by atoms with Crippen molar-refractivity contribution in [3.05, 3.63) is 66.1 Å². The molecular weight excluding hydrogens is 534 g/mol. The number of methoxy groups -OCH3 is 1. The third-order valence-electron chi connectivity index (χ3n) is 7.55. The summed E-state index contributed by atoms with van der Waals surface area (Å²) in [5.74, 6) is 1.09. The fourth-order valence-corrected chi connectivity index (χ4v) is 5.08. The number of fused-ring (bicyclic) bond motifs is 1. The van der Waals surface area contributed by atoms with Gasteiger partial charge in [0.15, 0.2) is 14.1 Å². The highest BCUT2D eigenvalue weighted by Crippen LogP contribution is 2.37. The maximum atomic E-state index is 11.2. The number of carbonyl (C=O) groups excluding carboxylic acids is 1. The van der Waals surface area contributed by atoms with Crippen LogP contribution in [0.3, 0.4) is 0 Å². The highest BCUT2D eigenvalue weighted by atomic mass is 28.4. The van der Waals surface area contributed by atoms with Gasteiger partial charge in [-0.3, -0.25) is 9.78 Å². The van der Waals surface area contributed by atoms with Crippen molar-refractivity contribution in [2.24, 2.45) is 5.73 Å². The Morgan fingerprint density at radius 3 is 2.51 bits per heavy atom. The molecule has 0 aliphatic carbocycles. The number of aromatic nitrogens is 4. The average Bonchev–Trinajstić information content (AvgIpc) is 3.36. The molecule has 0 radical (unpaired) electrons. The van der Waals surface area contributed by atoms with E-state index in [1.54, 1.807) is 13.3 Å². The molecule has 1 aromatic carbocycles. The number of carbonyl (C=O) groups is 1. The molecule has 9 nitrogen and oxygen atoms in total. The number of hydrogen-bond acceptors (Lipinski definition) is 7. The minimum atomic E-state index is -1.92. The van der Waals surface area contributed by atoms with Crippen LogP contribution in [0, 0.1) is 0 Å². The summed E-state index contributed by atoms with van der Waals surface area (Å²) in [5.41, 5.74) is 9.61. The SMILES string of the molecule is COCCOc1cc(-c2cccc(CCCC(N)=O)n2)cc2c1cnn2-c1cccc(CO[Si](C)(C)C(C)(C)C)n1. The molecule has 4 rings (SSSR count). The average molecular weight is 576 g/mol. The number of aryl methyl sites for hydroxylation is 1. The molecule has 0 atom stereocenters. The maximum absolute atomic E-state index is 11.2. The van der Waals surface area contributed by atoms with E-state index in [9.17, 15) is 4.79 Å². The number of nitrogens with two attached hydrogens (primary N) is 1. The zero-order valence-electron chi connectivity index (χ0n) is 24.9. The van der Waals surface area contributed by atoms with Crippen molar-refractivity contribution in [1.82, 2.24) is 19.7 Å². The van der Waals surface area contributed by atoms with Gasteiger partial charge in [0.2, 0.25) is 5.91 Å². The number of ether oxygens (including phenoxy) is 2. The van der Waals surface area contributed by atoms with Crippen LogP contribution in [-0.2, 0) is 27.0 Å². The molecular formula is C31H41N5O4Si. The summed E-state index contributed by atoms with van der Waals surface area (Å²) in [6.45, 7) is 12.5. The highest BCUT2D eigenvalue weighted by Gasteiger charge is 2.37. The van der Waals surface area contributed by atoms with E-state index in [4.69, 9.17) is 34.7 Å². The molecule has 0 bridgehead atoms. The van der Waals surface area contributed by atoms with Crippen molar-refractivity contribution in [2.45, 2.75) is 64.8 Å². The van der Waals surface area contributed by atoms with Crippen molar-refractivity contribution in [1.29, 1.82) is 0 Å². The van der Waals surface area contributed by atoms with E-state index < -0.39 is 8.32 Å². The predicted octanol–water partition coefficient (Wildman–Crippen LogP) is 5.84. The van der Waals surface area contributed by atoms with Gasteiger partial charge in [-0.1, -0.05) is 32.9 Å². The van der Waals surface area contributed by atoms with Crippen LogP contribution in [0.4, 0.5) is 0 Å². The molecule has 41 heavy (non-hydrogen) atoms. The summed E-state index contributed by atoms with van der Waals surface area (Å²) in [6.07, 6.45) is 3.46. The first-order valence-electron chi connectivity index (χ1n) is 14.0. The lowest BCUT2D eigenvalue weighted by molar-refractivity contribution is -0.118. The summed E-state index contributed by atoms with van der Waals surface area (Å²) < 4.78 is 19.6. The smallest absolute Gasteiger partial charge is 0.217 e. The summed E-state index contributed by atoms with van der Waals surface area (Å²) in [7, 11) is -0.274. The molecule has 0 aliphatic rings. The molecule has 10 heteroatoms. The van der Waals surface area contributed by atoms with Gasteiger partial charge < -0.3 is 19.6 Å². The lowest BCUT2D eigenvalue weighted by Gasteiger charge is -2.36. The molecule has 3 aromatic heterocycles. The van der Waals surface area contributed by atoms with E-state index in [-0.39, 0.29) is 10.9 Å². The molecule has 0 saturated carbocycles. The van der Waals surface area contributed by atoms with Crippen molar-refractivity contribution < 1.29 is 18.7 Å². The number of hydrogen-bond donors (Lipinski definition) is 1. The van der Waals surface area contributed by atoms with Gasteiger partial charge in [0.05, 0.1) is 41.7 Å². The van der Waals surface area contributed by atoms with Gasteiger partial charge >= 0.3 is 0 Å². The van der Waals surface area contributed by atoms with Crippen LogP contribution in [-0.4, -0.2) is 54.3 Å². The highest BCUT2D eigenvalue weighted by molar-refractivity contribution is 6.74. The Morgan fingerprint density at radius 1 is 1.02 bits per heavy atom. The first-order chi connectivity index (χ1) is 19.5. The zero-order valence-corrected chi connectivity index (χ0v) is 25.9. The molecule has 1 amide bonds. The van der Waals surface area contributed by atoms with Gasteiger partial charge in [-0.15, -0.1) is 0 Å². The second-order valence-electron chi connectivity index (χ2n) is 11.7. The fourth-order valence-electron chi connectivity index (χ4n) is 4.14. The number of pyridine rings is 2. The monoisotopic (exact) mass is 575 g/mol. The molecule has 0 saturated heterocycles. The van der Waals surface area contributed by atoms with E-state index in [0.29, 0.717) is 50.7 Å². The van der Waals surface area contributed by atoms with Crippen LogP contribution in [0.2, 0.25) is 18.1 Å². The third-order valence-corrected chi connectivity index (χ3v) is 12.0. The number of amides is 1. The summed E-state index contributed by atoms with van der Waals surface area (Å²) in [4.78, 5) is 20.9. The Hall–Kier alpha value is -3.60. The Balaban J connectivity index is 1.70. The van der Waals surface area contributed by atoms with Crippen molar-refractivity contribution >= 4 is 25.1 Å². The Morgan fingerprint density at radius 2 is 1.78 bits per heavy atom. The van der Waals surface area contributed by atoms with E-state index in [1.165, 1.54) is 0 Å². The fraction of sp³-hybridized carbons (Fsp3) is 0.419. The van der Waals surface area contributed by atoms with Crippen LogP contribution in [0.15, 0.2) is 54.7 Å². The molecule has 0 aliphatic heterocycles. The van der Waals surface area contributed by atoms with Crippen LogP contribution in [0.25, 0.3) is 28.0 Å². The van der Waals surface area contributed by atoms with E-state index in [2.05, 4.69) is 39.9 Å². The third kappa shape index (κ3) is 7.58. The standard InChI is InChI=1S/C31H41N5O4Si/c1-31(2,3)41(5,6)40-21-24-12-9-15-30(35-24)36-27-18-22(19-28(25(27)20-33-36)39-17-16-38-4)26-13-7-10-23(34-26)11-8-14-29(32)37/h7,9-10,12-13,15,18-20H,8,11,14,16-17,21H2,1-6H3,(H2,32,37). The molecule has 2 N–H and O–H groups in total. The van der Waals surface area contributed by atoms with E-state index in [1.807, 2.05) is 47.1 Å². The topological polar surface area (TPSA) is 114 Å². The molecule has 3 heterocycles. The first-order valence-corrected chi connectivity index (χ1v) is 16.9. The minimum absolute atomic E-state index is 0.117.